The highest BCUT2D eigenvalue weighted by molar-refractivity contribution is 5.66. The molecule has 0 radical (unpaired) electrons. The molecule has 35 heavy (non-hydrogen) atoms. The number of aromatic nitrogens is 4. The quantitative estimate of drug-likeness (QED) is 0.425. The molecule has 0 amide bonds. The van der Waals surface area contributed by atoms with Gasteiger partial charge < -0.3 is 15.8 Å². The van der Waals surface area contributed by atoms with Crippen molar-refractivity contribution in [3.8, 4) is 11.3 Å². The van der Waals surface area contributed by atoms with Crippen molar-refractivity contribution in [3.63, 3.8) is 0 Å². The van der Waals surface area contributed by atoms with Crippen molar-refractivity contribution in [1.29, 1.82) is 0 Å². The van der Waals surface area contributed by atoms with Crippen LogP contribution in [0.4, 0.5) is 20.4 Å². The Morgan fingerprint density at radius 1 is 1.03 bits per heavy atom. The van der Waals surface area contributed by atoms with Crippen LogP contribution >= 0.6 is 0 Å². The van der Waals surface area contributed by atoms with Crippen LogP contribution in [0.15, 0.2) is 48.9 Å². The summed E-state index contributed by atoms with van der Waals surface area (Å²) < 4.78 is 36.7. The number of nitrogens with two attached hydrogens (primary N) is 1. The van der Waals surface area contributed by atoms with Crippen molar-refractivity contribution in [2.45, 2.75) is 43.6 Å². The molecule has 1 aliphatic heterocycles. The summed E-state index contributed by atoms with van der Waals surface area (Å²) in [7, 11) is 0. The monoisotopic (exact) mass is 476 g/mol. The minimum Gasteiger partial charge on any atom is -0.380 e. The molecule has 1 saturated carbocycles. The third kappa shape index (κ3) is 4.15. The molecule has 7 nitrogen and oxygen atoms in total. The van der Waals surface area contributed by atoms with E-state index in [1.165, 1.54) is 12.1 Å². The first-order valence-corrected chi connectivity index (χ1v) is 11.9. The number of pyridine rings is 1. The molecule has 2 atom stereocenters. The molecule has 2 aliphatic rings. The van der Waals surface area contributed by atoms with Crippen LogP contribution in [0.1, 0.15) is 48.6 Å². The lowest BCUT2D eigenvalue weighted by atomic mass is 9.81. The van der Waals surface area contributed by atoms with Crippen LogP contribution in [0.2, 0.25) is 0 Å². The zero-order valence-electron chi connectivity index (χ0n) is 19.1. The number of fused-ring (bicyclic) bond motifs is 1. The number of benzene rings is 1. The molecule has 2 fully saturated rings. The van der Waals surface area contributed by atoms with Gasteiger partial charge >= 0.3 is 0 Å². The second kappa shape index (κ2) is 8.98. The van der Waals surface area contributed by atoms with Crippen LogP contribution in [0, 0.1) is 11.6 Å². The van der Waals surface area contributed by atoms with E-state index >= 15 is 8.78 Å². The third-order valence-corrected chi connectivity index (χ3v) is 7.07. The van der Waals surface area contributed by atoms with Gasteiger partial charge in [-0.15, -0.1) is 0 Å². The fourth-order valence-electron chi connectivity index (χ4n) is 5.10. The Morgan fingerprint density at radius 3 is 2.60 bits per heavy atom. The summed E-state index contributed by atoms with van der Waals surface area (Å²) in [5, 5.41) is 7.87. The maximum atomic E-state index is 15.0. The van der Waals surface area contributed by atoms with E-state index in [4.69, 9.17) is 10.5 Å². The number of rotatable bonds is 5. The van der Waals surface area contributed by atoms with Crippen LogP contribution in [-0.2, 0) is 4.74 Å². The Labute approximate surface area is 201 Å². The van der Waals surface area contributed by atoms with Crippen molar-refractivity contribution in [2.75, 3.05) is 18.5 Å². The highest BCUT2D eigenvalue weighted by Crippen LogP contribution is 2.37. The lowest BCUT2D eigenvalue weighted by Gasteiger charge is -2.28. The molecule has 180 valence electrons. The third-order valence-electron chi connectivity index (χ3n) is 7.07. The second-order valence-electron chi connectivity index (χ2n) is 9.44. The van der Waals surface area contributed by atoms with Gasteiger partial charge in [-0.3, -0.25) is 4.98 Å². The van der Waals surface area contributed by atoms with Crippen molar-refractivity contribution in [3.05, 3.63) is 71.7 Å². The first-order valence-electron chi connectivity index (χ1n) is 11.9. The SMILES string of the molecule is N[C@H]1CCC[C@@H](c2ccncc2Nc2ncc3ccc(-c4c(F)cc(C5COC5)cc4F)nn23)C1. The van der Waals surface area contributed by atoms with E-state index in [0.29, 0.717) is 36.2 Å². The Bertz CT molecular complexity index is 1360. The average Bonchev–Trinajstić information content (AvgIpc) is 3.20. The summed E-state index contributed by atoms with van der Waals surface area (Å²) in [6, 6.07) is 8.31. The summed E-state index contributed by atoms with van der Waals surface area (Å²) in [6.07, 6.45) is 9.34. The molecular formula is C26H26F2N6O. The molecule has 6 rings (SSSR count). The highest BCUT2D eigenvalue weighted by Gasteiger charge is 2.25. The molecular weight excluding hydrogens is 450 g/mol. The maximum Gasteiger partial charge on any atom is 0.229 e. The van der Waals surface area contributed by atoms with Crippen molar-refractivity contribution < 1.29 is 13.5 Å². The van der Waals surface area contributed by atoms with E-state index in [0.717, 1.165) is 36.9 Å². The van der Waals surface area contributed by atoms with Crippen LogP contribution in [0.5, 0.6) is 0 Å². The van der Waals surface area contributed by atoms with E-state index in [1.807, 2.05) is 6.07 Å². The summed E-state index contributed by atoms with van der Waals surface area (Å²) in [4.78, 5) is 8.75. The molecule has 3 N–H and O–H groups in total. The van der Waals surface area contributed by atoms with Gasteiger partial charge in [0.2, 0.25) is 5.95 Å². The van der Waals surface area contributed by atoms with Gasteiger partial charge in [-0.05, 0) is 66.6 Å². The van der Waals surface area contributed by atoms with E-state index in [2.05, 4.69) is 20.4 Å². The number of hydrogen-bond acceptors (Lipinski definition) is 6. The molecule has 0 unspecified atom stereocenters. The molecule has 1 aromatic carbocycles. The van der Waals surface area contributed by atoms with Gasteiger partial charge in [-0.25, -0.2) is 13.8 Å². The molecule has 4 aromatic rings. The number of nitrogens with one attached hydrogen (secondary N) is 1. The molecule has 0 bridgehead atoms. The summed E-state index contributed by atoms with van der Waals surface area (Å²) in [5.41, 5.74) is 9.53. The first kappa shape index (κ1) is 22.1. The van der Waals surface area contributed by atoms with Gasteiger partial charge in [0.1, 0.15) is 11.6 Å². The Balaban J connectivity index is 1.34. The largest absolute Gasteiger partial charge is 0.380 e. The highest BCUT2D eigenvalue weighted by atomic mass is 19.1. The van der Waals surface area contributed by atoms with Crippen molar-refractivity contribution >= 4 is 17.2 Å². The zero-order chi connectivity index (χ0) is 23.9. The lowest BCUT2D eigenvalue weighted by Crippen LogP contribution is -2.27. The van der Waals surface area contributed by atoms with Gasteiger partial charge in [0, 0.05) is 18.2 Å². The maximum absolute atomic E-state index is 15.0. The van der Waals surface area contributed by atoms with Crippen LogP contribution < -0.4 is 11.1 Å². The standard InChI is InChI=1S/C26H26F2N6O/c27-21-9-16(17-13-35-14-17)10-22(28)25(21)23-5-4-19-11-31-26(34(19)33-23)32-24-12-30-7-6-20(24)15-2-1-3-18(29)8-15/h4-7,9-12,15,17-18H,1-3,8,13-14,29H2,(H,31,32)/t15-,18+/m1/s1. The Morgan fingerprint density at radius 2 is 1.86 bits per heavy atom. The van der Waals surface area contributed by atoms with Gasteiger partial charge in [0.15, 0.2) is 0 Å². The van der Waals surface area contributed by atoms with E-state index in [1.54, 1.807) is 35.2 Å². The zero-order valence-corrected chi connectivity index (χ0v) is 19.1. The Kier molecular flexibility index (Phi) is 5.66. The Hall–Kier alpha value is -3.43. The first-order chi connectivity index (χ1) is 17.1. The van der Waals surface area contributed by atoms with Gasteiger partial charge in [0.05, 0.1) is 48.1 Å². The normalized spacial score (nSPS) is 20.7. The number of imidazole rings is 1. The molecule has 1 aliphatic carbocycles. The van der Waals surface area contributed by atoms with Crippen LogP contribution in [0.3, 0.4) is 0 Å². The van der Waals surface area contributed by atoms with Crippen LogP contribution in [0.25, 0.3) is 16.8 Å². The minimum atomic E-state index is -0.642. The topological polar surface area (TPSA) is 90.4 Å². The van der Waals surface area contributed by atoms with Gasteiger partial charge in [-0.1, -0.05) is 6.42 Å². The number of ether oxygens (including phenoxy) is 1. The number of hydrogen-bond donors (Lipinski definition) is 2. The number of anilines is 2. The fraction of sp³-hybridized carbons (Fsp3) is 0.346. The summed E-state index contributed by atoms with van der Waals surface area (Å²) >= 11 is 0. The van der Waals surface area contributed by atoms with Crippen molar-refractivity contribution in [2.24, 2.45) is 5.73 Å². The van der Waals surface area contributed by atoms with E-state index < -0.39 is 11.6 Å². The summed E-state index contributed by atoms with van der Waals surface area (Å²) in [6.45, 7) is 0.964. The molecule has 4 heterocycles. The molecule has 0 spiro atoms. The van der Waals surface area contributed by atoms with E-state index in [-0.39, 0.29) is 23.2 Å². The van der Waals surface area contributed by atoms with Crippen molar-refractivity contribution in [1.82, 2.24) is 19.6 Å². The molecule has 9 heteroatoms. The molecule has 3 aromatic heterocycles. The molecule has 1 saturated heterocycles. The number of nitrogens with zero attached hydrogens (tertiary/aromatic N) is 4. The second-order valence-corrected chi connectivity index (χ2v) is 9.44. The average molecular weight is 477 g/mol. The number of halogens is 2. The summed E-state index contributed by atoms with van der Waals surface area (Å²) in [5.74, 6) is -0.476. The minimum absolute atomic E-state index is 0.0281. The van der Waals surface area contributed by atoms with Gasteiger partial charge in [-0.2, -0.15) is 9.61 Å². The van der Waals surface area contributed by atoms with Gasteiger partial charge in [0.25, 0.3) is 0 Å². The smallest absolute Gasteiger partial charge is 0.229 e. The van der Waals surface area contributed by atoms with Crippen LogP contribution in [-0.4, -0.2) is 38.8 Å². The predicted octanol–water partition coefficient (Wildman–Crippen LogP) is 4.91. The van der Waals surface area contributed by atoms with E-state index in [9.17, 15) is 0 Å². The lowest BCUT2D eigenvalue weighted by molar-refractivity contribution is 0.00822. The predicted molar refractivity (Wildman–Crippen MR) is 129 cm³/mol. The fourth-order valence-corrected chi connectivity index (χ4v) is 5.10.